The zero-order chi connectivity index (χ0) is 45.3. The molecule has 342 valence electrons. The minimum Gasteiger partial charge on any atom is -0.511 e. The number of likely N-dealkylation sites (tertiary alicyclic amines) is 1. The molecule has 14 heteroatoms. The Morgan fingerprint density at radius 2 is 1.69 bits per heavy atom. The van der Waals surface area contributed by atoms with Crippen molar-refractivity contribution in [2.24, 2.45) is 40.7 Å². The molecule has 14 atom stereocenters. The normalized spacial score (nSPS) is 32.0. The third-order valence-electron chi connectivity index (χ3n) is 14.1. The summed E-state index contributed by atoms with van der Waals surface area (Å²) in [4.78, 5) is 27.3. The SMILES string of the molecule is CC(=CCC(O)CC1CCCN1C(=N)N)C(O)CC=CC(O)C(C)C=CC(O)C/C=C(\C)C(O)C(C)CCC1C(C)=CC2C(O)C(O)CCC2C1(C)C(O)=C1C(=O)CNC1=O. The van der Waals surface area contributed by atoms with E-state index in [0.29, 0.717) is 44.1 Å². The van der Waals surface area contributed by atoms with Crippen LogP contribution in [0.1, 0.15) is 106 Å². The van der Waals surface area contributed by atoms with Gasteiger partial charge in [0.05, 0.1) is 49.3 Å². The monoisotopic (exact) mass is 855 g/mol. The summed E-state index contributed by atoms with van der Waals surface area (Å²) in [5, 5.41) is 97.4. The second kappa shape index (κ2) is 22.1. The Bertz CT molecular complexity index is 1720. The number of Topliss-reactive ketones (excluding diaryl/α,β-unsaturated/α-hetero) is 1. The summed E-state index contributed by atoms with van der Waals surface area (Å²) in [7, 11) is 0. The van der Waals surface area contributed by atoms with E-state index in [1.165, 1.54) is 0 Å². The maximum atomic E-state index is 12.8. The summed E-state index contributed by atoms with van der Waals surface area (Å²) in [6, 6.07) is 0.0491. The third-order valence-corrected chi connectivity index (χ3v) is 14.1. The highest BCUT2D eigenvalue weighted by Crippen LogP contribution is 2.58. The first-order chi connectivity index (χ1) is 28.7. The van der Waals surface area contributed by atoms with Gasteiger partial charge in [-0.25, -0.2) is 0 Å². The lowest BCUT2D eigenvalue weighted by molar-refractivity contribution is -0.118. The van der Waals surface area contributed by atoms with E-state index < -0.39 is 65.8 Å². The number of nitrogens with two attached hydrogens (primary N) is 1. The maximum absolute atomic E-state index is 12.8. The Labute approximate surface area is 361 Å². The van der Waals surface area contributed by atoms with Gasteiger partial charge >= 0.3 is 0 Å². The van der Waals surface area contributed by atoms with Crippen LogP contribution < -0.4 is 11.1 Å². The molecule has 14 nitrogen and oxygen atoms in total. The number of hydrogen-bond donors (Lipinski definition) is 11. The predicted molar refractivity (Wildman–Crippen MR) is 235 cm³/mol. The fourth-order valence-electron chi connectivity index (χ4n) is 10.0. The molecule has 2 aliphatic carbocycles. The molecular weight excluding hydrogens is 781 g/mol. The summed E-state index contributed by atoms with van der Waals surface area (Å²) in [5.41, 5.74) is 6.61. The number of carbonyl (C=O) groups excluding carboxylic acids is 2. The summed E-state index contributed by atoms with van der Waals surface area (Å²) in [5.74, 6) is -3.02. The molecule has 2 aliphatic heterocycles. The minimum atomic E-state index is -1.08. The van der Waals surface area contributed by atoms with Gasteiger partial charge in [0, 0.05) is 29.8 Å². The van der Waals surface area contributed by atoms with Crippen molar-refractivity contribution in [2.45, 2.75) is 155 Å². The van der Waals surface area contributed by atoms with Crippen molar-refractivity contribution >= 4 is 17.6 Å². The molecule has 14 unspecified atom stereocenters. The molecule has 61 heavy (non-hydrogen) atoms. The number of nitrogens with zero attached hydrogens (tertiary/aromatic N) is 1. The molecular formula is C47H74N4O10. The van der Waals surface area contributed by atoms with E-state index in [-0.39, 0.29) is 66.4 Å². The van der Waals surface area contributed by atoms with Gasteiger partial charge in [0.2, 0.25) is 0 Å². The van der Waals surface area contributed by atoms with Gasteiger partial charge < -0.3 is 56.8 Å². The van der Waals surface area contributed by atoms with Crippen LogP contribution in [0.4, 0.5) is 0 Å². The first-order valence-electron chi connectivity index (χ1n) is 22.2. The smallest absolute Gasteiger partial charge is 0.258 e. The number of carbonyl (C=O) groups is 2. The highest BCUT2D eigenvalue weighted by Gasteiger charge is 2.56. The number of fused-ring (bicyclic) bond motifs is 1. The molecule has 0 bridgehead atoms. The number of guanidine groups is 1. The summed E-state index contributed by atoms with van der Waals surface area (Å²) in [6.07, 6.45) is 11.4. The van der Waals surface area contributed by atoms with Gasteiger partial charge in [0.1, 0.15) is 11.3 Å². The Morgan fingerprint density at radius 3 is 2.34 bits per heavy atom. The number of nitrogens with one attached hydrogen (secondary N) is 2. The van der Waals surface area contributed by atoms with Gasteiger partial charge in [0.15, 0.2) is 11.7 Å². The van der Waals surface area contributed by atoms with E-state index in [1.54, 1.807) is 44.2 Å². The van der Waals surface area contributed by atoms with Gasteiger partial charge in [-0.15, -0.1) is 0 Å². The minimum absolute atomic E-state index is 0.0283. The lowest BCUT2D eigenvalue weighted by Gasteiger charge is -2.54. The average Bonchev–Trinajstić information content (AvgIpc) is 3.83. The number of rotatable bonds is 19. The van der Waals surface area contributed by atoms with Crippen LogP contribution in [-0.2, 0) is 9.59 Å². The second-order valence-corrected chi connectivity index (χ2v) is 18.5. The van der Waals surface area contributed by atoms with Crippen LogP contribution in [0.25, 0.3) is 0 Å². The molecule has 1 saturated carbocycles. The summed E-state index contributed by atoms with van der Waals surface area (Å²) < 4.78 is 0. The van der Waals surface area contributed by atoms with Gasteiger partial charge in [-0.2, -0.15) is 0 Å². The van der Waals surface area contributed by atoms with E-state index >= 15 is 0 Å². The van der Waals surface area contributed by atoms with Crippen LogP contribution in [0.3, 0.4) is 0 Å². The number of hydrogen-bond acceptors (Lipinski definition) is 11. The van der Waals surface area contributed by atoms with Crippen LogP contribution in [0.2, 0.25) is 0 Å². The zero-order valence-electron chi connectivity index (χ0n) is 37.0. The Morgan fingerprint density at radius 1 is 1.00 bits per heavy atom. The molecule has 2 heterocycles. The van der Waals surface area contributed by atoms with Crippen molar-refractivity contribution in [1.29, 1.82) is 5.41 Å². The fraction of sp³-hybridized carbons (Fsp3) is 0.681. The van der Waals surface area contributed by atoms with Crippen LogP contribution in [0, 0.1) is 40.4 Å². The summed E-state index contributed by atoms with van der Waals surface area (Å²) in [6.45, 7) is 11.6. The molecule has 0 aromatic carbocycles. The Balaban J connectivity index is 1.28. The third kappa shape index (κ3) is 12.3. The fourth-order valence-corrected chi connectivity index (χ4v) is 10.0. The highest BCUT2D eigenvalue weighted by atomic mass is 16.3. The lowest BCUT2D eigenvalue weighted by Crippen LogP contribution is -2.53. The van der Waals surface area contributed by atoms with Crippen LogP contribution in [-0.4, -0.2) is 125 Å². The predicted octanol–water partition coefficient (Wildman–Crippen LogP) is 3.61. The first-order valence-corrected chi connectivity index (χ1v) is 22.2. The van der Waals surface area contributed by atoms with E-state index in [4.69, 9.17) is 11.1 Å². The number of allylic oxidation sites excluding steroid dienone is 2. The van der Waals surface area contributed by atoms with E-state index in [2.05, 4.69) is 5.32 Å². The van der Waals surface area contributed by atoms with Crippen molar-refractivity contribution in [1.82, 2.24) is 10.2 Å². The van der Waals surface area contributed by atoms with Crippen LogP contribution >= 0.6 is 0 Å². The Hall–Kier alpha value is -3.63. The van der Waals surface area contributed by atoms with E-state index in [9.17, 15) is 50.4 Å². The van der Waals surface area contributed by atoms with Crippen LogP contribution in [0.5, 0.6) is 0 Å². The molecule has 1 amide bonds. The molecule has 0 spiro atoms. The number of aliphatic hydroxyl groups excluding tert-OH is 8. The van der Waals surface area contributed by atoms with Gasteiger partial charge in [0.25, 0.3) is 5.91 Å². The molecule has 0 radical (unpaired) electrons. The second-order valence-electron chi connectivity index (χ2n) is 18.5. The standard InChI is InChI=1S/C47H74N4O10/c1-26(37(54)10-7-11-38(55)27(2)13-18-33(53)24-31-9-8-22-51(31)46(48)49)12-16-32(52)17-14-28(3)42(58)29(4)15-19-35-30(5)23-34-36(20-21-39(56)43(34)59)47(35,6)44(60)41-40(57)25-50-45(41)61/h7,10,12-14,16,23,26,29,31-39,42-43,52-56,58-60H,8-9,11,15,17-22,24-25H2,1-6H3,(H3,48,49)(H,50,61)/b10-7?,16-12?,27-13?,28-14+,44-41?. The Kier molecular flexibility index (Phi) is 18.1. The lowest BCUT2D eigenvalue weighted by atomic mass is 9.51. The molecule has 3 fully saturated rings. The molecule has 2 saturated heterocycles. The zero-order valence-corrected chi connectivity index (χ0v) is 37.0. The number of aliphatic hydroxyl groups is 8. The van der Waals surface area contributed by atoms with E-state index in [1.807, 2.05) is 44.7 Å². The van der Waals surface area contributed by atoms with Crippen molar-refractivity contribution < 1.29 is 50.4 Å². The van der Waals surface area contributed by atoms with Gasteiger partial charge in [-0.05, 0) is 114 Å². The molecule has 4 aliphatic rings. The first kappa shape index (κ1) is 50.0. The van der Waals surface area contributed by atoms with Gasteiger partial charge in [-0.1, -0.05) is 68.9 Å². The quantitative estimate of drug-likeness (QED) is 0.0223. The molecule has 0 aromatic heterocycles. The topological polar surface area (TPSA) is 261 Å². The van der Waals surface area contributed by atoms with Gasteiger partial charge in [-0.3, -0.25) is 15.0 Å². The van der Waals surface area contributed by atoms with Crippen molar-refractivity contribution in [3.05, 3.63) is 70.6 Å². The van der Waals surface area contributed by atoms with Crippen molar-refractivity contribution in [3.8, 4) is 0 Å². The number of ketones is 1. The average molecular weight is 855 g/mol. The van der Waals surface area contributed by atoms with Crippen molar-refractivity contribution in [3.63, 3.8) is 0 Å². The maximum Gasteiger partial charge on any atom is 0.258 e. The summed E-state index contributed by atoms with van der Waals surface area (Å²) >= 11 is 0. The molecule has 0 aromatic rings. The largest absolute Gasteiger partial charge is 0.511 e. The van der Waals surface area contributed by atoms with Crippen LogP contribution in [0.15, 0.2) is 70.6 Å². The van der Waals surface area contributed by atoms with Crippen molar-refractivity contribution in [2.75, 3.05) is 13.1 Å². The molecule has 12 N–H and O–H groups in total. The van der Waals surface area contributed by atoms with E-state index in [0.717, 1.165) is 30.5 Å². The number of amides is 1. The highest BCUT2D eigenvalue weighted by molar-refractivity contribution is 6.25. The molecule has 4 rings (SSSR count).